The van der Waals surface area contributed by atoms with E-state index in [2.05, 4.69) is 16.2 Å². The highest BCUT2D eigenvalue weighted by Crippen LogP contribution is 2.32. The molecule has 0 bridgehead atoms. The van der Waals surface area contributed by atoms with Crippen molar-refractivity contribution >= 4 is 46.4 Å². The summed E-state index contributed by atoms with van der Waals surface area (Å²) in [6, 6.07) is 11.6. The standard InChI is InChI=1S/C22H17ClN2O4S/c1-3-11-29-17-10-5-14(12-18(17)28-4-2)13-19-21(27)25-22(30-19)24-20(26)15-6-8-16(23)9-7-15/h1,5-10,12-13H,4,11H2,2H3,(H,24,25,26,27)/b19-13-. The summed E-state index contributed by atoms with van der Waals surface area (Å²) >= 11 is 6.91. The van der Waals surface area contributed by atoms with Gasteiger partial charge in [0.2, 0.25) is 0 Å². The van der Waals surface area contributed by atoms with Crippen LogP contribution in [0.1, 0.15) is 22.8 Å². The molecule has 2 amide bonds. The van der Waals surface area contributed by atoms with Crippen molar-refractivity contribution in [2.24, 2.45) is 4.99 Å². The van der Waals surface area contributed by atoms with Crippen LogP contribution in [0.25, 0.3) is 6.08 Å². The van der Waals surface area contributed by atoms with Gasteiger partial charge in [-0.1, -0.05) is 23.6 Å². The van der Waals surface area contributed by atoms with E-state index in [1.54, 1.807) is 48.5 Å². The molecule has 152 valence electrons. The van der Waals surface area contributed by atoms with Crippen LogP contribution >= 0.6 is 23.4 Å². The molecule has 0 aliphatic carbocycles. The van der Waals surface area contributed by atoms with Gasteiger partial charge in [-0.3, -0.25) is 9.59 Å². The van der Waals surface area contributed by atoms with Crippen molar-refractivity contribution in [3.8, 4) is 23.8 Å². The number of aliphatic imine (C=N–C) groups is 1. The number of nitrogens with one attached hydrogen (secondary N) is 1. The fourth-order valence-electron chi connectivity index (χ4n) is 2.50. The molecule has 30 heavy (non-hydrogen) atoms. The summed E-state index contributed by atoms with van der Waals surface area (Å²) in [5.74, 6) is 2.65. The predicted molar refractivity (Wildman–Crippen MR) is 119 cm³/mol. The Bertz CT molecular complexity index is 1070. The number of amidine groups is 1. The number of carbonyl (C=O) groups excluding carboxylic acids is 2. The smallest absolute Gasteiger partial charge is 0.279 e. The number of halogens is 1. The van der Waals surface area contributed by atoms with Gasteiger partial charge in [-0.15, -0.1) is 6.42 Å². The van der Waals surface area contributed by atoms with Crippen LogP contribution in [0.2, 0.25) is 5.02 Å². The first-order valence-electron chi connectivity index (χ1n) is 8.92. The molecule has 0 spiro atoms. The van der Waals surface area contributed by atoms with Crippen LogP contribution in [-0.2, 0) is 4.79 Å². The van der Waals surface area contributed by atoms with E-state index in [4.69, 9.17) is 27.5 Å². The van der Waals surface area contributed by atoms with Gasteiger partial charge in [0.1, 0.15) is 6.61 Å². The number of benzene rings is 2. The molecule has 3 rings (SSSR count). The van der Waals surface area contributed by atoms with E-state index in [-0.39, 0.29) is 17.7 Å². The molecule has 0 saturated carbocycles. The number of hydrogen-bond donors (Lipinski definition) is 1. The quantitative estimate of drug-likeness (QED) is 0.539. The van der Waals surface area contributed by atoms with E-state index in [1.807, 2.05) is 6.92 Å². The number of amides is 2. The molecule has 2 aromatic carbocycles. The molecule has 6 nitrogen and oxygen atoms in total. The van der Waals surface area contributed by atoms with E-state index < -0.39 is 5.91 Å². The monoisotopic (exact) mass is 440 g/mol. The summed E-state index contributed by atoms with van der Waals surface area (Å²) in [5.41, 5.74) is 1.11. The Labute approximate surface area is 183 Å². The average Bonchev–Trinajstić information content (AvgIpc) is 3.06. The first-order chi connectivity index (χ1) is 14.5. The summed E-state index contributed by atoms with van der Waals surface area (Å²) in [6.45, 7) is 2.43. The molecule has 2 aromatic rings. The summed E-state index contributed by atoms with van der Waals surface area (Å²) in [5, 5.41) is 3.33. The van der Waals surface area contributed by atoms with Crippen LogP contribution in [0.3, 0.4) is 0 Å². The van der Waals surface area contributed by atoms with Crippen LogP contribution in [0.4, 0.5) is 0 Å². The van der Waals surface area contributed by atoms with Crippen LogP contribution < -0.4 is 14.8 Å². The van der Waals surface area contributed by atoms with Gasteiger partial charge in [-0.05, 0) is 66.7 Å². The number of nitrogens with zero attached hydrogens (tertiary/aromatic N) is 1. The van der Waals surface area contributed by atoms with E-state index in [1.165, 1.54) is 0 Å². The maximum atomic E-state index is 12.3. The third-order valence-electron chi connectivity index (χ3n) is 3.82. The van der Waals surface area contributed by atoms with Gasteiger partial charge in [0.15, 0.2) is 16.7 Å². The largest absolute Gasteiger partial charge is 0.490 e. The SMILES string of the molecule is C#CCOc1ccc(/C=C2\SC(=NC(=O)c3ccc(Cl)cc3)NC2=O)cc1OCC. The molecular weight excluding hydrogens is 424 g/mol. The first kappa shape index (κ1) is 21.5. The lowest BCUT2D eigenvalue weighted by molar-refractivity contribution is -0.115. The zero-order chi connectivity index (χ0) is 21.5. The van der Waals surface area contributed by atoms with Crippen LogP contribution in [0.5, 0.6) is 11.5 Å². The van der Waals surface area contributed by atoms with Crippen molar-refractivity contribution in [3.05, 3.63) is 63.5 Å². The van der Waals surface area contributed by atoms with Gasteiger partial charge < -0.3 is 14.8 Å². The van der Waals surface area contributed by atoms with Crippen molar-refractivity contribution in [2.75, 3.05) is 13.2 Å². The number of carbonyl (C=O) groups is 2. The number of ether oxygens (including phenoxy) is 2. The van der Waals surface area contributed by atoms with Gasteiger partial charge in [0.25, 0.3) is 11.8 Å². The Morgan fingerprint density at radius 2 is 2.00 bits per heavy atom. The molecule has 0 unspecified atom stereocenters. The lowest BCUT2D eigenvalue weighted by Crippen LogP contribution is -2.20. The van der Waals surface area contributed by atoms with Crippen LogP contribution in [0, 0.1) is 12.3 Å². The summed E-state index contributed by atoms with van der Waals surface area (Å²) in [4.78, 5) is 28.9. The molecule has 8 heteroatoms. The molecule has 1 fully saturated rings. The number of hydrogen-bond acceptors (Lipinski definition) is 5. The highest BCUT2D eigenvalue weighted by Gasteiger charge is 2.25. The fraction of sp³-hybridized carbons (Fsp3) is 0.136. The third kappa shape index (κ3) is 5.44. The predicted octanol–water partition coefficient (Wildman–Crippen LogP) is 4.15. The highest BCUT2D eigenvalue weighted by atomic mass is 35.5. The second-order valence-corrected chi connectivity index (χ2v) is 7.39. The van der Waals surface area contributed by atoms with E-state index >= 15 is 0 Å². The van der Waals surface area contributed by atoms with Crippen molar-refractivity contribution < 1.29 is 19.1 Å². The molecule has 1 aliphatic heterocycles. The third-order valence-corrected chi connectivity index (χ3v) is 4.98. The van der Waals surface area contributed by atoms with E-state index in [0.717, 1.165) is 17.3 Å². The van der Waals surface area contributed by atoms with Crippen molar-refractivity contribution in [1.82, 2.24) is 5.32 Å². The maximum absolute atomic E-state index is 12.3. The molecule has 0 atom stereocenters. The summed E-state index contributed by atoms with van der Waals surface area (Å²) in [7, 11) is 0. The molecule has 1 aliphatic rings. The second-order valence-electron chi connectivity index (χ2n) is 5.93. The normalized spacial score (nSPS) is 15.7. The Balaban J connectivity index is 1.78. The van der Waals surface area contributed by atoms with Crippen molar-refractivity contribution in [3.63, 3.8) is 0 Å². The summed E-state index contributed by atoms with van der Waals surface area (Å²) < 4.78 is 11.1. The molecular formula is C22H17ClN2O4S. The summed E-state index contributed by atoms with van der Waals surface area (Å²) in [6.07, 6.45) is 6.92. The van der Waals surface area contributed by atoms with E-state index in [9.17, 15) is 9.59 Å². The van der Waals surface area contributed by atoms with Gasteiger partial charge in [0, 0.05) is 10.6 Å². The zero-order valence-electron chi connectivity index (χ0n) is 16.0. The molecule has 0 radical (unpaired) electrons. The van der Waals surface area contributed by atoms with Gasteiger partial charge in [-0.25, -0.2) is 0 Å². The topological polar surface area (TPSA) is 77.0 Å². The Morgan fingerprint density at radius 3 is 2.70 bits per heavy atom. The number of thioether (sulfide) groups is 1. The first-order valence-corrected chi connectivity index (χ1v) is 10.1. The Hall–Kier alpha value is -3.21. The van der Waals surface area contributed by atoms with Crippen LogP contribution in [0.15, 0.2) is 52.4 Å². The number of rotatable bonds is 6. The molecule has 1 N–H and O–H groups in total. The molecule has 1 heterocycles. The van der Waals surface area contributed by atoms with Crippen molar-refractivity contribution in [1.29, 1.82) is 0 Å². The molecule has 1 saturated heterocycles. The average molecular weight is 441 g/mol. The van der Waals surface area contributed by atoms with Gasteiger partial charge >= 0.3 is 0 Å². The minimum atomic E-state index is -0.468. The highest BCUT2D eigenvalue weighted by molar-refractivity contribution is 8.18. The fourth-order valence-corrected chi connectivity index (χ4v) is 3.45. The second kappa shape index (κ2) is 10.0. The minimum Gasteiger partial charge on any atom is -0.490 e. The van der Waals surface area contributed by atoms with Crippen LogP contribution in [-0.4, -0.2) is 30.2 Å². The van der Waals surface area contributed by atoms with E-state index in [0.29, 0.717) is 33.6 Å². The zero-order valence-corrected chi connectivity index (χ0v) is 17.5. The lowest BCUT2D eigenvalue weighted by atomic mass is 10.2. The maximum Gasteiger partial charge on any atom is 0.279 e. The molecule has 0 aromatic heterocycles. The Kier molecular flexibility index (Phi) is 7.17. The van der Waals surface area contributed by atoms with Gasteiger partial charge in [-0.2, -0.15) is 4.99 Å². The minimum absolute atomic E-state index is 0.125. The van der Waals surface area contributed by atoms with Crippen molar-refractivity contribution in [2.45, 2.75) is 6.92 Å². The Morgan fingerprint density at radius 1 is 1.23 bits per heavy atom. The van der Waals surface area contributed by atoms with Gasteiger partial charge in [0.05, 0.1) is 11.5 Å². The number of terminal acetylenes is 1. The lowest BCUT2D eigenvalue weighted by Gasteiger charge is -2.11.